The molecule has 1 atom stereocenters. The normalized spacial score (nSPS) is 12.0. The average Bonchev–Trinajstić information content (AvgIpc) is 2.36. The molecule has 0 amide bonds. The molecule has 0 saturated heterocycles. The molecule has 2 N–H and O–H groups in total. The van der Waals surface area contributed by atoms with Gasteiger partial charge in [0.25, 0.3) is 0 Å². The van der Waals surface area contributed by atoms with Gasteiger partial charge in [-0.2, -0.15) is 0 Å². The molecule has 1 rings (SSSR count). The smallest absolute Gasteiger partial charge is 0.337 e. The van der Waals surface area contributed by atoms with Crippen LogP contribution in [-0.4, -0.2) is 30.7 Å². The molecule has 0 fully saturated rings. The lowest BCUT2D eigenvalue weighted by Crippen LogP contribution is -2.38. The summed E-state index contributed by atoms with van der Waals surface area (Å²) in [5.41, 5.74) is 6.47. The monoisotopic (exact) mass is 315 g/mol. The van der Waals surface area contributed by atoms with Crippen molar-refractivity contribution in [2.75, 3.05) is 7.11 Å². The zero-order valence-corrected chi connectivity index (χ0v) is 13.5. The Balaban J connectivity index is 0.00000400. The average molecular weight is 316 g/mol. The van der Waals surface area contributed by atoms with Gasteiger partial charge < -0.3 is 15.2 Å². The molecule has 0 unspecified atom stereocenters. The number of benzene rings is 1. The highest BCUT2D eigenvalue weighted by molar-refractivity contribution is 5.89. The van der Waals surface area contributed by atoms with Crippen molar-refractivity contribution in [3.8, 4) is 0 Å². The molecule has 0 heterocycles. The van der Waals surface area contributed by atoms with E-state index < -0.39 is 23.6 Å². The highest BCUT2D eigenvalue weighted by atomic mass is 35.5. The molecule has 0 spiro atoms. The fraction of sp³-hybridized carbons (Fsp3) is 0.467. The molecule has 1 aromatic carbocycles. The lowest BCUT2D eigenvalue weighted by molar-refractivity contribution is -0.156. The number of hydrogen-bond donors (Lipinski definition) is 1. The molecule has 0 saturated carbocycles. The number of hydrogen-bond acceptors (Lipinski definition) is 5. The first kappa shape index (κ1) is 19.4. The molecule has 0 radical (unpaired) electrons. The number of ether oxygens (including phenoxy) is 2. The summed E-state index contributed by atoms with van der Waals surface area (Å²) in [6, 6.07) is 6.08. The first-order valence-corrected chi connectivity index (χ1v) is 6.38. The summed E-state index contributed by atoms with van der Waals surface area (Å²) < 4.78 is 9.86. The zero-order chi connectivity index (χ0) is 15.3. The Labute approximate surface area is 131 Å². The van der Waals surface area contributed by atoms with Crippen molar-refractivity contribution in [2.45, 2.75) is 38.8 Å². The van der Waals surface area contributed by atoms with Gasteiger partial charge in [0.05, 0.1) is 12.7 Å². The molecule has 0 aliphatic rings. The van der Waals surface area contributed by atoms with Gasteiger partial charge in [0.15, 0.2) is 0 Å². The Kier molecular flexibility index (Phi) is 7.39. The Hall–Kier alpha value is -1.59. The summed E-state index contributed by atoms with van der Waals surface area (Å²) in [4.78, 5) is 23.2. The van der Waals surface area contributed by atoms with Crippen LogP contribution in [0.3, 0.4) is 0 Å². The lowest BCUT2D eigenvalue weighted by atomic mass is 10.0. The van der Waals surface area contributed by atoms with Gasteiger partial charge in [-0.05, 0) is 44.9 Å². The first-order valence-electron chi connectivity index (χ1n) is 6.38. The third kappa shape index (κ3) is 6.60. The van der Waals surface area contributed by atoms with E-state index in [4.69, 9.17) is 10.5 Å². The van der Waals surface area contributed by atoms with E-state index in [1.807, 2.05) is 0 Å². The lowest BCUT2D eigenvalue weighted by Gasteiger charge is -2.22. The maximum absolute atomic E-state index is 11.8. The minimum absolute atomic E-state index is 0. The number of methoxy groups -OCH3 is 1. The Morgan fingerprint density at radius 2 is 1.90 bits per heavy atom. The molecule has 0 aromatic heterocycles. The van der Waals surface area contributed by atoms with Gasteiger partial charge in [0, 0.05) is 0 Å². The summed E-state index contributed by atoms with van der Waals surface area (Å²) in [7, 11) is 1.32. The molecular weight excluding hydrogens is 294 g/mol. The van der Waals surface area contributed by atoms with Crippen LogP contribution in [0.25, 0.3) is 0 Å². The van der Waals surface area contributed by atoms with E-state index in [0.29, 0.717) is 12.0 Å². The maximum Gasteiger partial charge on any atom is 0.337 e. The van der Waals surface area contributed by atoms with Crippen molar-refractivity contribution in [1.82, 2.24) is 0 Å². The molecule has 118 valence electrons. The molecule has 0 aliphatic heterocycles. The fourth-order valence-corrected chi connectivity index (χ4v) is 1.66. The van der Waals surface area contributed by atoms with Crippen LogP contribution in [0, 0.1) is 0 Å². The van der Waals surface area contributed by atoms with Gasteiger partial charge in [-0.25, -0.2) is 4.79 Å². The quantitative estimate of drug-likeness (QED) is 0.861. The minimum atomic E-state index is -0.762. The number of esters is 2. The van der Waals surface area contributed by atoms with E-state index in [1.165, 1.54) is 7.11 Å². The highest BCUT2D eigenvalue weighted by Gasteiger charge is 2.22. The van der Waals surface area contributed by atoms with Crippen molar-refractivity contribution in [2.24, 2.45) is 5.73 Å². The summed E-state index contributed by atoms with van der Waals surface area (Å²) >= 11 is 0. The van der Waals surface area contributed by atoms with Gasteiger partial charge in [-0.15, -0.1) is 12.4 Å². The Bertz CT molecular complexity index is 497. The summed E-state index contributed by atoms with van der Waals surface area (Å²) in [6.45, 7) is 5.36. The van der Waals surface area contributed by atoms with Crippen LogP contribution in [0.4, 0.5) is 0 Å². The third-order valence-corrected chi connectivity index (χ3v) is 2.51. The van der Waals surface area contributed by atoms with Gasteiger partial charge in [-0.3, -0.25) is 4.79 Å². The van der Waals surface area contributed by atoms with Gasteiger partial charge in [-0.1, -0.05) is 12.1 Å². The molecule has 6 heteroatoms. The van der Waals surface area contributed by atoms with E-state index in [9.17, 15) is 9.59 Å². The van der Waals surface area contributed by atoms with E-state index in [-0.39, 0.29) is 12.4 Å². The predicted molar refractivity (Wildman–Crippen MR) is 82.6 cm³/mol. The molecule has 0 bridgehead atoms. The van der Waals surface area contributed by atoms with Crippen molar-refractivity contribution in [3.05, 3.63) is 35.4 Å². The van der Waals surface area contributed by atoms with Crippen LogP contribution >= 0.6 is 12.4 Å². The van der Waals surface area contributed by atoms with Crippen LogP contribution in [0.1, 0.15) is 36.7 Å². The van der Waals surface area contributed by atoms with E-state index >= 15 is 0 Å². The predicted octanol–water partition coefficient (Wildman–Crippen LogP) is 2.11. The molecule has 0 aliphatic carbocycles. The fourth-order valence-electron chi connectivity index (χ4n) is 1.66. The Morgan fingerprint density at radius 3 is 2.43 bits per heavy atom. The van der Waals surface area contributed by atoms with Crippen molar-refractivity contribution in [3.63, 3.8) is 0 Å². The molecule has 1 aromatic rings. The largest absolute Gasteiger partial charge is 0.465 e. The van der Waals surface area contributed by atoms with Crippen molar-refractivity contribution < 1.29 is 19.1 Å². The summed E-state index contributed by atoms with van der Waals surface area (Å²) in [5.74, 6) is -0.876. The van der Waals surface area contributed by atoms with Gasteiger partial charge in [0.2, 0.25) is 0 Å². The first-order chi connectivity index (χ1) is 9.23. The van der Waals surface area contributed by atoms with Crippen LogP contribution in [0.2, 0.25) is 0 Å². The van der Waals surface area contributed by atoms with Crippen molar-refractivity contribution in [1.29, 1.82) is 0 Å². The Morgan fingerprint density at radius 1 is 1.29 bits per heavy atom. The number of rotatable bonds is 4. The SMILES string of the molecule is COC(=O)c1cccc(C[C@H](N)C(=O)OC(C)(C)C)c1.Cl. The third-order valence-electron chi connectivity index (χ3n) is 2.51. The summed E-state index contributed by atoms with van der Waals surface area (Å²) in [5, 5.41) is 0. The van der Waals surface area contributed by atoms with Crippen LogP contribution in [-0.2, 0) is 20.7 Å². The zero-order valence-electron chi connectivity index (χ0n) is 12.7. The van der Waals surface area contributed by atoms with E-state index in [2.05, 4.69) is 4.74 Å². The molecular formula is C15H22ClNO4. The van der Waals surface area contributed by atoms with Crippen LogP contribution in [0.5, 0.6) is 0 Å². The maximum atomic E-state index is 11.8. The standard InChI is InChI=1S/C15H21NO4.ClH/c1-15(2,3)20-14(18)12(16)9-10-6-5-7-11(8-10)13(17)19-4;/h5-8,12H,9,16H2,1-4H3;1H/t12-;/m0./s1. The summed E-state index contributed by atoms with van der Waals surface area (Å²) in [6.07, 6.45) is 0.305. The van der Waals surface area contributed by atoms with Crippen LogP contribution < -0.4 is 5.73 Å². The molecule has 21 heavy (non-hydrogen) atoms. The number of halogens is 1. The molecule has 5 nitrogen and oxygen atoms in total. The van der Waals surface area contributed by atoms with Gasteiger partial charge >= 0.3 is 11.9 Å². The second kappa shape index (κ2) is 8.00. The highest BCUT2D eigenvalue weighted by Crippen LogP contribution is 2.12. The van der Waals surface area contributed by atoms with E-state index in [0.717, 1.165) is 5.56 Å². The van der Waals surface area contributed by atoms with Crippen LogP contribution in [0.15, 0.2) is 24.3 Å². The van der Waals surface area contributed by atoms with Crippen molar-refractivity contribution >= 4 is 24.3 Å². The number of nitrogens with two attached hydrogens (primary N) is 1. The van der Waals surface area contributed by atoms with Gasteiger partial charge in [0.1, 0.15) is 11.6 Å². The number of carbonyl (C=O) groups is 2. The van der Waals surface area contributed by atoms with E-state index in [1.54, 1.807) is 45.0 Å². The second-order valence-electron chi connectivity index (χ2n) is 5.54. The second-order valence-corrected chi connectivity index (χ2v) is 5.54. The topological polar surface area (TPSA) is 78.6 Å². The number of carbonyl (C=O) groups excluding carboxylic acids is 2. The minimum Gasteiger partial charge on any atom is -0.465 e.